The van der Waals surface area contributed by atoms with Crippen molar-refractivity contribution in [2.45, 2.75) is 6.17 Å². The van der Waals surface area contributed by atoms with Crippen LogP contribution in [0, 0.1) is 0 Å². The van der Waals surface area contributed by atoms with Crippen molar-refractivity contribution < 1.29 is 4.74 Å². The molecule has 2 heterocycles. The van der Waals surface area contributed by atoms with Crippen molar-refractivity contribution in [3.05, 3.63) is 0 Å². The molecule has 5 heteroatoms. The Morgan fingerprint density at radius 3 is 2.69 bits per heavy atom. The zero-order valence-electron chi connectivity index (χ0n) is 7.82. The van der Waals surface area contributed by atoms with E-state index in [1.807, 2.05) is 11.8 Å². The maximum Gasteiger partial charge on any atom is 0.0802 e. The van der Waals surface area contributed by atoms with Gasteiger partial charge in [-0.25, -0.2) is 10.0 Å². The van der Waals surface area contributed by atoms with Gasteiger partial charge in [-0.2, -0.15) is 11.8 Å². The average molecular weight is 203 g/mol. The standard InChI is InChI=1S/C8H17N3OS/c9-8-7-13-6-3-11(8)10-1-4-12-5-2-10/h8H,1-7,9H2. The minimum Gasteiger partial charge on any atom is -0.379 e. The second-order valence-electron chi connectivity index (χ2n) is 3.37. The van der Waals surface area contributed by atoms with Gasteiger partial charge in [0.25, 0.3) is 0 Å². The Morgan fingerprint density at radius 1 is 1.23 bits per heavy atom. The summed E-state index contributed by atoms with van der Waals surface area (Å²) in [6.07, 6.45) is 0.205. The van der Waals surface area contributed by atoms with Gasteiger partial charge in [0.1, 0.15) is 0 Å². The number of hydrogen-bond donors (Lipinski definition) is 1. The number of morpholine rings is 1. The molecule has 2 rings (SSSR count). The van der Waals surface area contributed by atoms with E-state index in [4.69, 9.17) is 10.5 Å². The van der Waals surface area contributed by atoms with E-state index in [-0.39, 0.29) is 6.17 Å². The summed E-state index contributed by atoms with van der Waals surface area (Å²) in [6, 6.07) is 0. The van der Waals surface area contributed by atoms with Gasteiger partial charge >= 0.3 is 0 Å². The minimum absolute atomic E-state index is 0.205. The number of hydrogen-bond acceptors (Lipinski definition) is 5. The van der Waals surface area contributed by atoms with Gasteiger partial charge in [-0.05, 0) is 0 Å². The molecule has 76 valence electrons. The number of hydrazine groups is 1. The van der Waals surface area contributed by atoms with Crippen LogP contribution < -0.4 is 5.73 Å². The van der Waals surface area contributed by atoms with Gasteiger partial charge < -0.3 is 10.5 Å². The first-order chi connectivity index (χ1) is 6.38. The Bertz CT molecular complexity index is 163. The molecule has 0 aromatic carbocycles. The van der Waals surface area contributed by atoms with Gasteiger partial charge in [0.2, 0.25) is 0 Å². The summed E-state index contributed by atoms with van der Waals surface area (Å²) in [5, 5.41) is 4.65. The predicted octanol–water partition coefficient (Wildman–Crippen LogP) is -0.433. The van der Waals surface area contributed by atoms with Crippen LogP contribution in [0.15, 0.2) is 0 Å². The molecular weight excluding hydrogens is 186 g/mol. The van der Waals surface area contributed by atoms with Crippen LogP contribution in [0.2, 0.25) is 0 Å². The van der Waals surface area contributed by atoms with Crippen LogP contribution in [-0.2, 0) is 4.74 Å². The molecule has 0 saturated carbocycles. The molecule has 2 saturated heterocycles. The Morgan fingerprint density at radius 2 is 2.00 bits per heavy atom. The lowest BCUT2D eigenvalue weighted by molar-refractivity contribution is -0.106. The highest BCUT2D eigenvalue weighted by molar-refractivity contribution is 7.99. The molecule has 2 fully saturated rings. The molecule has 2 aliphatic rings. The molecule has 0 aromatic heterocycles. The molecule has 2 N–H and O–H groups in total. The third-order valence-electron chi connectivity index (χ3n) is 2.49. The normalized spacial score (nSPS) is 33.5. The fourth-order valence-corrected chi connectivity index (χ4v) is 2.67. The summed E-state index contributed by atoms with van der Waals surface area (Å²) < 4.78 is 5.31. The summed E-state index contributed by atoms with van der Waals surface area (Å²) >= 11 is 1.95. The minimum atomic E-state index is 0.205. The Kier molecular flexibility index (Phi) is 3.45. The Hall–Kier alpha value is 0.190. The first-order valence-corrected chi connectivity index (χ1v) is 5.96. The van der Waals surface area contributed by atoms with Crippen molar-refractivity contribution in [3.63, 3.8) is 0 Å². The molecule has 2 aliphatic heterocycles. The number of thioether (sulfide) groups is 1. The maximum atomic E-state index is 6.03. The van der Waals surface area contributed by atoms with E-state index in [0.717, 1.165) is 38.6 Å². The Labute approximate surface area is 83.3 Å². The van der Waals surface area contributed by atoms with Gasteiger partial charge in [-0.3, -0.25) is 0 Å². The summed E-state index contributed by atoms with van der Waals surface area (Å²) in [5.74, 6) is 2.25. The van der Waals surface area contributed by atoms with Crippen molar-refractivity contribution in [1.82, 2.24) is 10.0 Å². The third kappa shape index (κ3) is 2.35. The van der Waals surface area contributed by atoms with Crippen LogP contribution >= 0.6 is 11.8 Å². The van der Waals surface area contributed by atoms with Crippen molar-refractivity contribution in [1.29, 1.82) is 0 Å². The molecule has 0 spiro atoms. The number of ether oxygens (including phenoxy) is 1. The van der Waals surface area contributed by atoms with Crippen molar-refractivity contribution in [2.75, 3.05) is 44.4 Å². The molecule has 0 bridgehead atoms. The van der Waals surface area contributed by atoms with Crippen LogP contribution in [0.5, 0.6) is 0 Å². The van der Waals surface area contributed by atoms with Gasteiger partial charge in [-0.1, -0.05) is 0 Å². The first kappa shape index (κ1) is 9.73. The lowest BCUT2D eigenvalue weighted by Gasteiger charge is -2.42. The molecule has 0 radical (unpaired) electrons. The van der Waals surface area contributed by atoms with Crippen LogP contribution in [0.25, 0.3) is 0 Å². The summed E-state index contributed by atoms with van der Waals surface area (Å²) in [5.41, 5.74) is 6.03. The molecule has 1 atom stereocenters. The fourth-order valence-electron chi connectivity index (χ4n) is 1.78. The zero-order valence-corrected chi connectivity index (χ0v) is 8.63. The van der Waals surface area contributed by atoms with E-state index in [0.29, 0.717) is 0 Å². The molecular formula is C8H17N3OS. The van der Waals surface area contributed by atoms with Crippen LogP contribution in [0.4, 0.5) is 0 Å². The van der Waals surface area contributed by atoms with E-state index in [1.54, 1.807) is 0 Å². The smallest absolute Gasteiger partial charge is 0.0802 e. The zero-order chi connectivity index (χ0) is 9.10. The number of nitrogens with zero attached hydrogens (tertiary/aromatic N) is 2. The van der Waals surface area contributed by atoms with Crippen molar-refractivity contribution in [2.24, 2.45) is 5.73 Å². The van der Waals surface area contributed by atoms with Gasteiger partial charge in [0, 0.05) is 31.1 Å². The van der Waals surface area contributed by atoms with E-state index >= 15 is 0 Å². The summed E-state index contributed by atoms with van der Waals surface area (Å²) in [6.45, 7) is 4.77. The highest BCUT2D eigenvalue weighted by atomic mass is 32.2. The van der Waals surface area contributed by atoms with E-state index in [1.165, 1.54) is 5.75 Å². The summed E-state index contributed by atoms with van der Waals surface area (Å²) in [7, 11) is 0. The van der Waals surface area contributed by atoms with E-state index in [9.17, 15) is 0 Å². The van der Waals surface area contributed by atoms with Crippen LogP contribution in [0.3, 0.4) is 0 Å². The predicted molar refractivity (Wildman–Crippen MR) is 54.4 cm³/mol. The second kappa shape index (κ2) is 4.61. The SMILES string of the molecule is NC1CSCCN1N1CCOCC1. The molecule has 0 amide bonds. The average Bonchev–Trinajstić information content (AvgIpc) is 2.20. The number of rotatable bonds is 1. The monoisotopic (exact) mass is 203 g/mol. The largest absolute Gasteiger partial charge is 0.379 e. The van der Waals surface area contributed by atoms with Gasteiger partial charge in [0.05, 0.1) is 19.4 Å². The topological polar surface area (TPSA) is 41.7 Å². The van der Waals surface area contributed by atoms with Crippen LogP contribution in [0.1, 0.15) is 0 Å². The van der Waals surface area contributed by atoms with E-state index in [2.05, 4.69) is 10.0 Å². The Balaban J connectivity index is 1.88. The quantitative estimate of drug-likeness (QED) is 0.626. The molecule has 0 aromatic rings. The summed E-state index contributed by atoms with van der Waals surface area (Å²) in [4.78, 5) is 0. The van der Waals surface area contributed by atoms with Crippen molar-refractivity contribution in [3.8, 4) is 0 Å². The highest BCUT2D eigenvalue weighted by Gasteiger charge is 2.25. The number of nitrogens with two attached hydrogens (primary N) is 1. The van der Waals surface area contributed by atoms with E-state index < -0.39 is 0 Å². The van der Waals surface area contributed by atoms with Crippen molar-refractivity contribution >= 4 is 11.8 Å². The molecule has 0 aliphatic carbocycles. The van der Waals surface area contributed by atoms with Gasteiger partial charge in [-0.15, -0.1) is 0 Å². The highest BCUT2D eigenvalue weighted by Crippen LogP contribution is 2.15. The van der Waals surface area contributed by atoms with Gasteiger partial charge in [0.15, 0.2) is 0 Å². The second-order valence-corrected chi connectivity index (χ2v) is 4.52. The third-order valence-corrected chi connectivity index (χ3v) is 3.54. The lowest BCUT2D eigenvalue weighted by atomic mass is 10.4. The van der Waals surface area contributed by atoms with Crippen LogP contribution in [-0.4, -0.2) is 60.5 Å². The molecule has 13 heavy (non-hydrogen) atoms. The molecule has 4 nitrogen and oxygen atoms in total. The maximum absolute atomic E-state index is 6.03. The molecule has 1 unspecified atom stereocenters. The lowest BCUT2D eigenvalue weighted by Crippen LogP contribution is -2.59. The first-order valence-electron chi connectivity index (χ1n) is 4.80. The fraction of sp³-hybridized carbons (Fsp3) is 1.00.